The SMILES string of the molecule is CC/C=C\C/C=C\C/C=C\CCCCCCCCC(=O)OCC(COC(=O)C/C=C\C/C=C\C/C=C\CC)OC(=O)CCCCCCCCCCCC. The number of allylic oxidation sites excluding steroid dienone is 11. The second kappa shape index (κ2) is 41.6. The molecule has 0 aliphatic heterocycles. The molecule has 0 saturated carbocycles. The zero-order chi connectivity index (χ0) is 38.7. The standard InChI is InChI=1S/C47H78O6/c1-4-7-10-13-16-19-21-22-23-24-25-26-29-31-34-37-40-46(49)52-43-44(42-51-45(48)39-36-33-30-27-18-15-12-9-6-3)53-47(50)41-38-35-32-28-20-17-14-11-8-5-2/h7,9-10,12,16,18-19,22-23,27,33,36,44H,4-6,8,11,13-15,17,20-21,24-26,28-32,34-35,37-43H2,1-3H3/b10-7-,12-9-,19-16-,23-22-,27-18-,36-33-. The highest BCUT2D eigenvalue weighted by molar-refractivity contribution is 5.72. The van der Waals surface area contributed by atoms with E-state index in [9.17, 15) is 14.4 Å². The highest BCUT2D eigenvalue weighted by Crippen LogP contribution is 2.13. The third kappa shape index (κ3) is 39.9. The highest BCUT2D eigenvalue weighted by atomic mass is 16.6. The molecule has 0 saturated heterocycles. The molecule has 0 rings (SSSR count). The van der Waals surface area contributed by atoms with Crippen LogP contribution < -0.4 is 0 Å². The Labute approximate surface area is 325 Å². The highest BCUT2D eigenvalue weighted by Gasteiger charge is 2.19. The molecule has 302 valence electrons. The first-order valence-corrected chi connectivity index (χ1v) is 21.4. The molecular weight excluding hydrogens is 661 g/mol. The van der Waals surface area contributed by atoms with Gasteiger partial charge in [-0.3, -0.25) is 14.4 Å². The van der Waals surface area contributed by atoms with Crippen LogP contribution in [-0.2, 0) is 28.6 Å². The van der Waals surface area contributed by atoms with E-state index in [0.717, 1.165) is 89.9 Å². The number of carbonyl (C=O) groups excluding carboxylic acids is 3. The van der Waals surface area contributed by atoms with E-state index in [1.165, 1.54) is 57.8 Å². The molecule has 0 fully saturated rings. The van der Waals surface area contributed by atoms with E-state index in [4.69, 9.17) is 14.2 Å². The van der Waals surface area contributed by atoms with Gasteiger partial charge in [-0.1, -0.05) is 177 Å². The third-order valence-corrected chi connectivity index (χ3v) is 8.74. The van der Waals surface area contributed by atoms with Gasteiger partial charge in [-0.2, -0.15) is 0 Å². The number of esters is 3. The molecular formula is C47H78O6. The molecule has 0 amide bonds. The molecule has 0 aliphatic rings. The van der Waals surface area contributed by atoms with Gasteiger partial charge in [0.15, 0.2) is 6.10 Å². The minimum absolute atomic E-state index is 0.109. The van der Waals surface area contributed by atoms with E-state index >= 15 is 0 Å². The molecule has 0 aromatic carbocycles. The summed E-state index contributed by atoms with van der Waals surface area (Å²) >= 11 is 0. The summed E-state index contributed by atoms with van der Waals surface area (Å²) in [6, 6.07) is 0. The van der Waals surface area contributed by atoms with Crippen molar-refractivity contribution < 1.29 is 28.6 Å². The number of hydrogen-bond donors (Lipinski definition) is 0. The van der Waals surface area contributed by atoms with E-state index < -0.39 is 12.1 Å². The Morgan fingerprint density at radius 3 is 1.32 bits per heavy atom. The lowest BCUT2D eigenvalue weighted by Crippen LogP contribution is -2.30. The fourth-order valence-electron chi connectivity index (χ4n) is 5.57. The molecule has 0 radical (unpaired) electrons. The molecule has 1 atom stereocenters. The van der Waals surface area contributed by atoms with E-state index in [-0.39, 0.29) is 31.6 Å². The largest absolute Gasteiger partial charge is 0.462 e. The molecule has 0 aliphatic carbocycles. The van der Waals surface area contributed by atoms with E-state index in [1.54, 1.807) is 6.08 Å². The first-order chi connectivity index (χ1) is 26.0. The van der Waals surface area contributed by atoms with Crippen molar-refractivity contribution >= 4 is 17.9 Å². The van der Waals surface area contributed by atoms with Crippen molar-refractivity contribution in [1.29, 1.82) is 0 Å². The van der Waals surface area contributed by atoms with Crippen LogP contribution in [0.2, 0.25) is 0 Å². The predicted molar refractivity (Wildman–Crippen MR) is 224 cm³/mol. The lowest BCUT2D eigenvalue weighted by Gasteiger charge is -2.18. The first-order valence-electron chi connectivity index (χ1n) is 21.4. The molecule has 6 heteroatoms. The van der Waals surface area contributed by atoms with Crippen molar-refractivity contribution in [3.8, 4) is 0 Å². The molecule has 53 heavy (non-hydrogen) atoms. The predicted octanol–water partition coefficient (Wildman–Crippen LogP) is 13.5. The van der Waals surface area contributed by atoms with Gasteiger partial charge in [0.2, 0.25) is 0 Å². The Bertz CT molecular complexity index is 1030. The Morgan fingerprint density at radius 2 is 0.811 bits per heavy atom. The van der Waals surface area contributed by atoms with Crippen molar-refractivity contribution in [2.24, 2.45) is 0 Å². The minimum Gasteiger partial charge on any atom is -0.462 e. The maximum Gasteiger partial charge on any atom is 0.309 e. The summed E-state index contributed by atoms with van der Waals surface area (Å²) in [5.74, 6) is -1.06. The number of rotatable bonds is 37. The molecule has 0 aromatic heterocycles. The molecule has 6 nitrogen and oxygen atoms in total. The summed E-state index contributed by atoms with van der Waals surface area (Å²) in [5.41, 5.74) is 0. The number of unbranched alkanes of at least 4 members (excludes halogenated alkanes) is 15. The molecule has 1 unspecified atom stereocenters. The Hall–Kier alpha value is -3.15. The Balaban J connectivity index is 4.42. The summed E-state index contributed by atoms with van der Waals surface area (Å²) in [5, 5.41) is 0. The van der Waals surface area contributed by atoms with E-state index in [1.807, 2.05) is 6.08 Å². The van der Waals surface area contributed by atoms with Crippen LogP contribution in [-0.4, -0.2) is 37.2 Å². The van der Waals surface area contributed by atoms with Gasteiger partial charge < -0.3 is 14.2 Å². The van der Waals surface area contributed by atoms with Crippen LogP contribution in [0.5, 0.6) is 0 Å². The zero-order valence-corrected chi connectivity index (χ0v) is 34.3. The lowest BCUT2D eigenvalue weighted by molar-refractivity contribution is -0.166. The van der Waals surface area contributed by atoms with Gasteiger partial charge in [-0.05, 0) is 64.2 Å². The van der Waals surface area contributed by atoms with Crippen molar-refractivity contribution in [3.63, 3.8) is 0 Å². The molecule has 0 spiro atoms. The van der Waals surface area contributed by atoms with Gasteiger partial charge in [0.05, 0.1) is 6.42 Å². The van der Waals surface area contributed by atoms with E-state index in [2.05, 4.69) is 81.5 Å². The topological polar surface area (TPSA) is 78.9 Å². The monoisotopic (exact) mass is 739 g/mol. The summed E-state index contributed by atoms with van der Waals surface area (Å²) in [6.45, 7) is 6.26. The Morgan fingerprint density at radius 1 is 0.415 bits per heavy atom. The van der Waals surface area contributed by atoms with Crippen LogP contribution in [0.25, 0.3) is 0 Å². The van der Waals surface area contributed by atoms with Crippen LogP contribution in [0, 0.1) is 0 Å². The molecule has 0 heterocycles. The van der Waals surface area contributed by atoms with E-state index in [0.29, 0.717) is 12.8 Å². The second-order valence-corrected chi connectivity index (χ2v) is 13.9. The fourth-order valence-corrected chi connectivity index (χ4v) is 5.57. The Kier molecular flexibility index (Phi) is 39.1. The van der Waals surface area contributed by atoms with Crippen LogP contribution in [0.15, 0.2) is 72.9 Å². The van der Waals surface area contributed by atoms with Crippen molar-refractivity contribution in [2.75, 3.05) is 13.2 Å². The number of hydrogen-bond acceptors (Lipinski definition) is 6. The average molecular weight is 739 g/mol. The first kappa shape index (κ1) is 49.9. The van der Waals surface area contributed by atoms with Gasteiger partial charge >= 0.3 is 17.9 Å². The van der Waals surface area contributed by atoms with Crippen LogP contribution >= 0.6 is 0 Å². The molecule has 0 aromatic rings. The maximum atomic E-state index is 12.6. The molecule has 0 bridgehead atoms. The van der Waals surface area contributed by atoms with Gasteiger partial charge in [-0.25, -0.2) is 0 Å². The number of ether oxygens (including phenoxy) is 3. The number of carbonyl (C=O) groups is 3. The van der Waals surface area contributed by atoms with Crippen molar-refractivity contribution in [1.82, 2.24) is 0 Å². The van der Waals surface area contributed by atoms with Crippen molar-refractivity contribution in [3.05, 3.63) is 72.9 Å². The smallest absolute Gasteiger partial charge is 0.309 e. The van der Waals surface area contributed by atoms with Gasteiger partial charge in [0, 0.05) is 12.8 Å². The van der Waals surface area contributed by atoms with Crippen LogP contribution in [0.3, 0.4) is 0 Å². The minimum atomic E-state index is -0.811. The van der Waals surface area contributed by atoms with Gasteiger partial charge in [0.1, 0.15) is 13.2 Å². The van der Waals surface area contributed by atoms with Gasteiger partial charge in [-0.15, -0.1) is 0 Å². The van der Waals surface area contributed by atoms with Crippen molar-refractivity contribution in [2.45, 2.75) is 194 Å². The summed E-state index contributed by atoms with van der Waals surface area (Å²) < 4.78 is 16.5. The lowest BCUT2D eigenvalue weighted by atomic mass is 10.1. The fraction of sp³-hybridized carbons (Fsp3) is 0.681. The summed E-state index contributed by atoms with van der Waals surface area (Å²) in [4.78, 5) is 37.5. The average Bonchev–Trinajstić information content (AvgIpc) is 3.15. The summed E-state index contributed by atoms with van der Waals surface area (Å²) in [7, 11) is 0. The summed E-state index contributed by atoms with van der Waals surface area (Å²) in [6.07, 6.45) is 50.6. The van der Waals surface area contributed by atoms with Crippen LogP contribution in [0.4, 0.5) is 0 Å². The molecule has 0 N–H and O–H groups in total. The quantitative estimate of drug-likeness (QED) is 0.0273. The second-order valence-electron chi connectivity index (χ2n) is 13.9. The van der Waals surface area contributed by atoms with Gasteiger partial charge in [0.25, 0.3) is 0 Å². The zero-order valence-electron chi connectivity index (χ0n) is 34.3. The normalized spacial score (nSPS) is 12.7. The van der Waals surface area contributed by atoms with Crippen LogP contribution in [0.1, 0.15) is 188 Å². The maximum absolute atomic E-state index is 12.6. The third-order valence-electron chi connectivity index (χ3n) is 8.74.